The molecule has 9 nitrogen and oxygen atoms in total. The summed E-state index contributed by atoms with van der Waals surface area (Å²) < 4.78 is 1.73. The van der Waals surface area contributed by atoms with E-state index in [4.69, 9.17) is 0 Å². The van der Waals surface area contributed by atoms with Gasteiger partial charge in [0.15, 0.2) is 5.65 Å². The lowest BCUT2D eigenvalue weighted by molar-refractivity contribution is 0.0657. The molecule has 9 heteroatoms. The number of carbonyl (C=O) groups is 1. The molecule has 4 rings (SSSR count). The highest BCUT2D eigenvalue weighted by atomic mass is 16.3. The second kappa shape index (κ2) is 6.61. The van der Waals surface area contributed by atoms with Gasteiger partial charge in [0.05, 0.1) is 12.3 Å². The number of fused-ring (bicyclic) bond motifs is 1. The van der Waals surface area contributed by atoms with Crippen LogP contribution in [0.2, 0.25) is 0 Å². The summed E-state index contributed by atoms with van der Waals surface area (Å²) in [7, 11) is 0. The highest BCUT2D eigenvalue weighted by Gasteiger charge is 2.26. The topological polar surface area (TPSA) is 103 Å². The number of aromatic nitrogens is 5. The Morgan fingerprint density at radius 3 is 3.08 bits per heavy atom. The van der Waals surface area contributed by atoms with Crippen molar-refractivity contribution in [2.24, 2.45) is 0 Å². The summed E-state index contributed by atoms with van der Waals surface area (Å²) in [5, 5.41) is 21.1. The summed E-state index contributed by atoms with van der Waals surface area (Å²) in [6, 6.07) is 3.47. The number of nitrogens with one attached hydrogen (secondary N) is 1. The maximum atomic E-state index is 12.5. The Balaban J connectivity index is 1.47. The van der Waals surface area contributed by atoms with E-state index >= 15 is 0 Å². The SMILES string of the molecule is O=C(c1ccn[nH]1)N1CCN(Cc2cnn3cccnc23)C[C@@H](O)C1. The van der Waals surface area contributed by atoms with Crippen LogP contribution < -0.4 is 0 Å². The van der Waals surface area contributed by atoms with Crippen molar-refractivity contribution in [2.75, 3.05) is 26.2 Å². The Morgan fingerprint density at radius 1 is 1.32 bits per heavy atom. The molecule has 0 aromatic carbocycles. The molecule has 4 heterocycles. The van der Waals surface area contributed by atoms with Crippen molar-refractivity contribution in [1.82, 2.24) is 34.6 Å². The zero-order valence-electron chi connectivity index (χ0n) is 13.6. The van der Waals surface area contributed by atoms with Gasteiger partial charge in [-0.25, -0.2) is 9.50 Å². The molecule has 1 atom stereocenters. The summed E-state index contributed by atoms with van der Waals surface area (Å²) in [4.78, 5) is 20.6. The first-order valence-corrected chi connectivity index (χ1v) is 8.17. The lowest BCUT2D eigenvalue weighted by Gasteiger charge is -2.21. The van der Waals surface area contributed by atoms with Crippen LogP contribution in [0.4, 0.5) is 0 Å². The predicted octanol–water partition coefficient (Wildman–Crippen LogP) is -0.229. The molecule has 1 amide bonds. The summed E-state index contributed by atoms with van der Waals surface area (Å²) in [6.45, 7) is 2.64. The average molecular weight is 341 g/mol. The van der Waals surface area contributed by atoms with Crippen LogP contribution in [-0.4, -0.2) is 77.9 Å². The van der Waals surface area contributed by atoms with Crippen molar-refractivity contribution < 1.29 is 9.90 Å². The van der Waals surface area contributed by atoms with Gasteiger partial charge in [0, 0.05) is 56.9 Å². The van der Waals surface area contributed by atoms with Crippen LogP contribution >= 0.6 is 0 Å². The number of rotatable bonds is 3. The summed E-state index contributed by atoms with van der Waals surface area (Å²) >= 11 is 0. The molecule has 1 fully saturated rings. The first-order chi connectivity index (χ1) is 12.2. The van der Waals surface area contributed by atoms with E-state index in [9.17, 15) is 9.90 Å². The highest BCUT2D eigenvalue weighted by Crippen LogP contribution is 2.14. The molecule has 0 aliphatic carbocycles. The van der Waals surface area contributed by atoms with Crippen molar-refractivity contribution >= 4 is 11.6 Å². The Labute approximate surface area is 143 Å². The zero-order chi connectivity index (χ0) is 17.2. The highest BCUT2D eigenvalue weighted by molar-refractivity contribution is 5.92. The molecule has 130 valence electrons. The number of aromatic amines is 1. The Morgan fingerprint density at radius 2 is 2.24 bits per heavy atom. The van der Waals surface area contributed by atoms with Crippen LogP contribution in [0.1, 0.15) is 16.1 Å². The number of amides is 1. The third-order valence-corrected chi connectivity index (χ3v) is 4.35. The molecule has 1 aliphatic rings. The molecule has 25 heavy (non-hydrogen) atoms. The fourth-order valence-electron chi connectivity index (χ4n) is 3.16. The van der Waals surface area contributed by atoms with E-state index in [0.717, 1.165) is 11.2 Å². The van der Waals surface area contributed by atoms with E-state index in [-0.39, 0.29) is 5.91 Å². The van der Waals surface area contributed by atoms with Gasteiger partial charge in [-0.1, -0.05) is 0 Å². The maximum Gasteiger partial charge on any atom is 0.271 e. The normalized spacial score (nSPS) is 19.2. The van der Waals surface area contributed by atoms with Crippen molar-refractivity contribution in [3.8, 4) is 0 Å². The molecular formula is C16H19N7O2. The first-order valence-electron chi connectivity index (χ1n) is 8.17. The van der Waals surface area contributed by atoms with E-state index in [0.29, 0.717) is 38.4 Å². The minimum atomic E-state index is -0.607. The van der Waals surface area contributed by atoms with E-state index < -0.39 is 6.10 Å². The van der Waals surface area contributed by atoms with Crippen molar-refractivity contribution in [3.05, 3.63) is 48.2 Å². The van der Waals surface area contributed by atoms with Crippen molar-refractivity contribution in [3.63, 3.8) is 0 Å². The third kappa shape index (κ3) is 3.24. The fourth-order valence-corrected chi connectivity index (χ4v) is 3.16. The molecule has 0 saturated carbocycles. The Kier molecular flexibility index (Phi) is 4.16. The smallest absolute Gasteiger partial charge is 0.271 e. The minimum absolute atomic E-state index is 0.143. The Bertz CT molecular complexity index is 860. The van der Waals surface area contributed by atoms with Gasteiger partial charge < -0.3 is 10.0 Å². The largest absolute Gasteiger partial charge is 0.390 e. The quantitative estimate of drug-likeness (QED) is 0.682. The lowest BCUT2D eigenvalue weighted by atomic mass is 10.2. The standard InChI is InChI=1S/C16H19N7O2/c24-13-10-21(9-12-8-19-23-5-1-3-17-15(12)23)6-7-22(11-13)16(25)14-2-4-18-20-14/h1-5,8,13,24H,6-7,9-11H2,(H,18,20)/t13-/m1/s1. The number of carbonyl (C=O) groups excluding carboxylic acids is 1. The van der Waals surface area contributed by atoms with Gasteiger partial charge in [0.1, 0.15) is 5.69 Å². The second-order valence-corrected chi connectivity index (χ2v) is 6.17. The number of nitrogens with zero attached hydrogens (tertiary/aromatic N) is 6. The molecule has 0 radical (unpaired) electrons. The Hall–Kier alpha value is -2.78. The molecule has 1 saturated heterocycles. The molecule has 3 aromatic heterocycles. The van der Waals surface area contributed by atoms with Gasteiger partial charge in [-0.05, 0) is 12.1 Å². The number of hydrogen-bond acceptors (Lipinski definition) is 6. The van der Waals surface area contributed by atoms with Crippen LogP contribution in [0, 0.1) is 0 Å². The monoisotopic (exact) mass is 341 g/mol. The van der Waals surface area contributed by atoms with Crippen LogP contribution in [0.3, 0.4) is 0 Å². The van der Waals surface area contributed by atoms with Gasteiger partial charge >= 0.3 is 0 Å². The summed E-state index contributed by atoms with van der Waals surface area (Å²) in [5.74, 6) is -0.143. The first kappa shape index (κ1) is 15.7. The molecule has 2 N–H and O–H groups in total. The molecule has 0 bridgehead atoms. The minimum Gasteiger partial charge on any atom is -0.390 e. The van der Waals surface area contributed by atoms with Crippen LogP contribution in [-0.2, 0) is 6.54 Å². The second-order valence-electron chi connectivity index (χ2n) is 6.17. The van der Waals surface area contributed by atoms with Crippen LogP contribution in [0.15, 0.2) is 36.9 Å². The number of aliphatic hydroxyl groups excluding tert-OH is 1. The van der Waals surface area contributed by atoms with Gasteiger partial charge in [-0.15, -0.1) is 0 Å². The average Bonchev–Trinajstić information content (AvgIpc) is 3.24. The van der Waals surface area contributed by atoms with E-state index in [1.54, 1.807) is 34.1 Å². The molecule has 0 spiro atoms. The van der Waals surface area contributed by atoms with Crippen molar-refractivity contribution in [1.29, 1.82) is 0 Å². The number of hydrogen-bond donors (Lipinski definition) is 2. The zero-order valence-corrected chi connectivity index (χ0v) is 13.6. The van der Waals surface area contributed by atoms with Gasteiger partial charge in [-0.2, -0.15) is 10.2 Å². The van der Waals surface area contributed by atoms with Gasteiger partial charge in [0.2, 0.25) is 0 Å². The lowest BCUT2D eigenvalue weighted by Crippen LogP contribution is -2.37. The summed E-state index contributed by atoms with van der Waals surface area (Å²) in [6.07, 6.45) is 6.33. The van der Waals surface area contributed by atoms with Crippen molar-refractivity contribution in [2.45, 2.75) is 12.6 Å². The number of β-amino-alcohol motifs (C(OH)–C–C–N with tert-alkyl or cyclic N) is 1. The number of aliphatic hydroxyl groups is 1. The van der Waals surface area contributed by atoms with Gasteiger partial charge in [-0.3, -0.25) is 14.8 Å². The molecule has 0 unspecified atom stereocenters. The van der Waals surface area contributed by atoms with E-state index in [1.165, 1.54) is 0 Å². The van der Waals surface area contributed by atoms with E-state index in [2.05, 4.69) is 25.2 Å². The molecule has 1 aliphatic heterocycles. The molecular weight excluding hydrogens is 322 g/mol. The van der Waals surface area contributed by atoms with E-state index in [1.807, 2.05) is 12.3 Å². The fraction of sp³-hybridized carbons (Fsp3) is 0.375. The van der Waals surface area contributed by atoms with Gasteiger partial charge in [0.25, 0.3) is 5.91 Å². The maximum absolute atomic E-state index is 12.5. The third-order valence-electron chi connectivity index (χ3n) is 4.35. The predicted molar refractivity (Wildman–Crippen MR) is 88.8 cm³/mol. The van der Waals surface area contributed by atoms with Crippen LogP contribution in [0.25, 0.3) is 5.65 Å². The summed E-state index contributed by atoms with van der Waals surface area (Å²) in [5.41, 5.74) is 2.25. The molecule has 3 aromatic rings. The van der Waals surface area contributed by atoms with Crippen LogP contribution in [0.5, 0.6) is 0 Å². The number of H-pyrrole nitrogens is 1.